The molecule has 0 aromatic heterocycles. The number of non-ortho nitro benzene ring substituents is 1. The van der Waals surface area contributed by atoms with E-state index in [2.05, 4.69) is 0 Å². The van der Waals surface area contributed by atoms with Crippen LogP contribution >= 0.6 is 23.2 Å². The third-order valence-electron chi connectivity index (χ3n) is 2.33. The summed E-state index contributed by atoms with van der Waals surface area (Å²) < 4.78 is 5.49. The van der Waals surface area contributed by atoms with Crippen molar-refractivity contribution < 1.29 is 9.66 Å². The standard InChI is InChI=1S/C12H8Cl2N2O3/c13-9-5-10(14)12(6-11(9)15)19-8-3-1-7(2-4-8)16(17)18/h1-6H,15H2. The third kappa shape index (κ3) is 3.07. The van der Waals surface area contributed by atoms with Crippen LogP contribution in [0.5, 0.6) is 11.5 Å². The minimum atomic E-state index is -0.489. The largest absolute Gasteiger partial charge is 0.456 e. The molecule has 98 valence electrons. The van der Waals surface area contributed by atoms with Crippen LogP contribution in [-0.2, 0) is 0 Å². The second-order valence-corrected chi connectivity index (χ2v) is 4.47. The molecule has 0 fully saturated rings. The van der Waals surface area contributed by atoms with Gasteiger partial charge < -0.3 is 10.5 Å². The number of hydrogen-bond acceptors (Lipinski definition) is 4. The van der Waals surface area contributed by atoms with Crippen LogP contribution in [0.25, 0.3) is 0 Å². The Bertz CT molecular complexity index is 630. The van der Waals surface area contributed by atoms with Gasteiger partial charge in [0.05, 0.1) is 20.7 Å². The van der Waals surface area contributed by atoms with E-state index in [9.17, 15) is 10.1 Å². The first-order chi connectivity index (χ1) is 8.97. The summed E-state index contributed by atoms with van der Waals surface area (Å²) in [5.74, 6) is 0.742. The summed E-state index contributed by atoms with van der Waals surface area (Å²) in [4.78, 5) is 10.0. The molecule has 0 aliphatic carbocycles. The summed E-state index contributed by atoms with van der Waals surface area (Å²) in [6.07, 6.45) is 0. The number of anilines is 1. The molecule has 0 radical (unpaired) electrons. The quantitative estimate of drug-likeness (QED) is 0.521. The molecule has 7 heteroatoms. The van der Waals surface area contributed by atoms with Crippen LogP contribution in [0.1, 0.15) is 0 Å². The van der Waals surface area contributed by atoms with Crippen LogP contribution in [0.4, 0.5) is 11.4 Å². The number of nitrogens with zero attached hydrogens (tertiary/aromatic N) is 1. The minimum Gasteiger partial charge on any atom is -0.456 e. The van der Waals surface area contributed by atoms with Crippen LogP contribution in [0.3, 0.4) is 0 Å². The topological polar surface area (TPSA) is 78.4 Å². The summed E-state index contributed by atoms with van der Waals surface area (Å²) in [6.45, 7) is 0. The van der Waals surface area contributed by atoms with Gasteiger partial charge >= 0.3 is 0 Å². The van der Waals surface area contributed by atoms with Gasteiger partial charge in [0.25, 0.3) is 5.69 Å². The van der Waals surface area contributed by atoms with Gasteiger partial charge in [0.1, 0.15) is 11.5 Å². The third-order valence-corrected chi connectivity index (χ3v) is 2.95. The highest BCUT2D eigenvalue weighted by Crippen LogP contribution is 2.35. The van der Waals surface area contributed by atoms with Crippen LogP contribution in [0, 0.1) is 10.1 Å². The molecule has 2 N–H and O–H groups in total. The number of halogens is 2. The first-order valence-electron chi connectivity index (χ1n) is 5.14. The van der Waals surface area contributed by atoms with E-state index in [-0.39, 0.29) is 5.69 Å². The molecule has 2 aromatic carbocycles. The Hall–Kier alpha value is -1.98. The number of nitrogen functional groups attached to an aromatic ring is 1. The molecule has 5 nitrogen and oxygen atoms in total. The van der Waals surface area contributed by atoms with Gasteiger partial charge in [0.2, 0.25) is 0 Å². The number of nitro benzene ring substituents is 1. The number of hydrogen-bond donors (Lipinski definition) is 1. The van der Waals surface area contributed by atoms with Gasteiger partial charge in [-0.3, -0.25) is 10.1 Å². The predicted octanol–water partition coefficient (Wildman–Crippen LogP) is 4.28. The average Bonchev–Trinajstić information content (AvgIpc) is 2.36. The number of rotatable bonds is 3. The normalized spacial score (nSPS) is 10.2. The van der Waals surface area contributed by atoms with Gasteiger partial charge in [-0.15, -0.1) is 0 Å². The Morgan fingerprint density at radius 3 is 2.32 bits per heavy atom. The number of benzene rings is 2. The Balaban J connectivity index is 2.26. The van der Waals surface area contributed by atoms with E-state index in [1.807, 2.05) is 0 Å². The molecular formula is C12H8Cl2N2O3. The molecule has 0 atom stereocenters. The van der Waals surface area contributed by atoms with Crippen molar-refractivity contribution >= 4 is 34.6 Å². The van der Waals surface area contributed by atoms with Crippen molar-refractivity contribution in [3.8, 4) is 11.5 Å². The molecule has 2 rings (SSSR count). The summed E-state index contributed by atoms with van der Waals surface area (Å²) in [5.41, 5.74) is 5.96. The molecule has 0 aliphatic heterocycles. The molecule has 0 saturated heterocycles. The van der Waals surface area contributed by atoms with Crippen LogP contribution < -0.4 is 10.5 Å². The summed E-state index contributed by atoms with van der Waals surface area (Å²) >= 11 is 11.8. The molecule has 0 heterocycles. The Morgan fingerprint density at radius 2 is 1.74 bits per heavy atom. The van der Waals surface area contributed by atoms with E-state index < -0.39 is 4.92 Å². The molecule has 0 saturated carbocycles. The number of nitro groups is 1. The minimum absolute atomic E-state index is 0.0194. The Kier molecular flexibility index (Phi) is 3.78. The summed E-state index contributed by atoms with van der Waals surface area (Å²) in [7, 11) is 0. The zero-order chi connectivity index (χ0) is 14.0. The van der Waals surface area contributed by atoms with Gasteiger partial charge in [-0.1, -0.05) is 23.2 Å². The van der Waals surface area contributed by atoms with Crippen LogP contribution in [0.2, 0.25) is 10.0 Å². The SMILES string of the molecule is Nc1cc(Oc2ccc([N+](=O)[O-])cc2)c(Cl)cc1Cl. The lowest BCUT2D eigenvalue weighted by molar-refractivity contribution is -0.384. The molecule has 0 amide bonds. The molecular weight excluding hydrogens is 291 g/mol. The zero-order valence-electron chi connectivity index (χ0n) is 9.47. The lowest BCUT2D eigenvalue weighted by Crippen LogP contribution is -1.91. The molecule has 0 bridgehead atoms. The van der Waals surface area contributed by atoms with Gasteiger partial charge in [0.15, 0.2) is 0 Å². The van der Waals surface area contributed by atoms with E-state index in [4.69, 9.17) is 33.7 Å². The fourth-order valence-electron chi connectivity index (χ4n) is 1.39. The smallest absolute Gasteiger partial charge is 0.269 e. The molecule has 19 heavy (non-hydrogen) atoms. The Labute approximate surface area is 118 Å². The van der Waals surface area contributed by atoms with E-state index in [1.165, 1.54) is 36.4 Å². The van der Waals surface area contributed by atoms with Crippen molar-refractivity contribution in [2.75, 3.05) is 5.73 Å². The highest BCUT2D eigenvalue weighted by atomic mass is 35.5. The molecule has 0 unspecified atom stereocenters. The van der Waals surface area contributed by atoms with Gasteiger partial charge in [0, 0.05) is 18.2 Å². The maximum atomic E-state index is 10.5. The van der Waals surface area contributed by atoms with E-state index in [0.717, 1.165) is 0 Å². The first-order valence-corrected chi connectivity index (χ1v) is 5.90. The van der Waals surface area contributed by atoms with E-state index in [1.54, 1.807) is 0 Å². The van der Waals surface area contributed by atoms with Gasteiger partial charge in [-0.25, -0.2) is 0 Å². The second-order valence-electron chi connectivity index (χ2n) is 3.66. The van der Waals surface area contributed by atoms with Crippen molar-refractivity contribution in [2.45, 2.75) is 0 Å². The lowest BCUT2D eigenvalue weighted by atomic mass is 10.3. The maximum Gasteiger partial charge on any atom is 0.269 e. The summed E-state index contributed by atoms with van der Waals surface area (Å²) in [5, 5.41) is 11.2. The fourth-order valence-corrected chi connectivity index (χ4v) is 1.81. The van der Waals surface area contributed by atoms with Crippen molar-refractivity contribution in [3.05, 3.63) is 56.6 Å². The number of nitrogens with two attached hydrogens (primary N) is 1. The molecule has 0 spiro atoms. The highest BCUT2D eigenvalue weighted by Gasteiger charge is 2.09. The first kappa shape index (κ1) is 13.5. The van der Waals surface area contributed by atoms with E-state index in [0.29, 0.717) is 27.2 Å². The monoisotopic (exact) mass is 298 g/mol. The van der Waals surface area contributed by atoms with Crippen LogP contribution in [-0.4, -0.2) is 4.92 Å². The Morgan fingerprint density at radius 1 is 1.11 bits per heavy atom. The average molecular weight is 299 g/mol. The van der Waals surface area contributed by atoms with Crippen molar-refractivity contribution in [1.29, 1.82) is 0 Å². The number of ether oxygens (including phenoxy) is 1. The van der Waals surface area contributed by atoms with Crippen molar-refractivity contribution in [2.24, 2.45) is 0 Å². The predicted molar refractivity (Wildman–Crippen MR) is 74.0 cm³/mol. The second kappa shape index (κ2) is 5.34. The van der Waals surface area contributed by atoms with E-state index >= 15 is 0 Å². The van der Waals surface area contributed by atoms with Crippen molar-refractivity contribution in [3.63, 3.8) is 0 Å². The lowest BCUT2D eigenvalue weighted by Gasteiger charge is -2.09. The van der Waals surface area contributed by atoms with Gasteiger partial charge in [-0.2, -0.15) is 0 Å². The summed E-state index contributed by atoms with van der Waals surface area (Å²) in [6, 6.07) is 8.58. The van der Waals surface area contributed by atoms with Crippen LogP contribution in [0.15, 0.2) is 36.4 Å². The zero-order valence-corrected chi connectivity index (χ0v) is 11.0. The maximum absolute atomic E-state index is 10.5. The fraction of sp³-hybridized carbons (Fsp3) is 0. The van der Waals surface area contributed by atoms with Crippen molar-refractivity contribution in [1.82, 2.24) is 0 Å². The molecule has 0 aliphatic rings. The van der Waals surface area contributed by atoms with Gasteiger partial charge in [-0.05, 0) is 18.2 Å². The highest BCUT2D eigenvalue weighted by molar-refractivity contribution is 6.37. The molecule has 2 aromatic rings.